The summed E-state index contributed by atoms with van der Waals surface area (Å²) in [4.78, 5) is 14.4. The summed E-state index contributed by atoms with van der Waals surface area (Å²) < 4.78 is 12.9. The fourth-order valence-corrected chi connectivity index (χ4v) is 2.18. The summed E-state index contributed by atoms with van der Waals surface area (Å²) in [6.45, 7) is 2.85. The number of rotatable bonds is 2. The first kappa shape index (κ1) is 20.7. The Morgan fingerprint density at radius 2 is 1.88 bits per heavy atom. The first-order valence-corrected chi connectivity index (χ1v) is 7.36. The number of benzene rings is 2. The third-order valence-electron chi connectivity index (χ3n) is 3.12. The monoisotopic (exact) mass is 515 g/mol. The molecule has 5 heteroatoms. The van der Waals surface area contributed by atoms with Crippen LogP contribution in [0.2, 0.25) is 0 Å². The van der Waals surface area contributed by atoms with E-state index in [2.05, 4.69) is 11.1 Å². The van der Waals surface area contributed by atoms with Crippen molar-refractivity contribution in [3.63, 3.8) is 0 Å². The van der Waals surface area contributed by atoms with E-state index in [1.807, 2.05) is 30.3 Å². The van der Waals surface area contributed by atoms with Gasteiger partial charge in [-0.1, -0.05) is 24.3 Å². The number of carbonyl (C=O) groups excluding carboxylic acids is 1. The van der Waals surface area contributed by atoms with Gasteiger partial charge in [0.1, 0.15) is 0 Å². The fraction of sp³-hybridized carbons (Fsp3) is 0.100. The van der Waals surface area contributed by atoms with Crippen LogP contribution in [0.15, 0.2) is 66.6 Å². The average molecular weight is 515 g/mol. The second-order valence-electron chi connectivity index (χ2n) is 5.20. The summed E-state index contributed by atoms with van der Waals surface area (Å²) in [6.07, 6.45) is 2.93. The molecule has 0 unspecified atom stereocenters. The van der Waals surface area contributed by atoms with E-state index < -0.39 is 0 Å². The van der Waals surface area contributed by atoms with E-state index in [9.17, 15) is 9.18 Å². The van der Waals surface area contributed by atoms with Gasteiger partial charge in [-0.2, -0.15) is 0 Å². The largest absolute Gasteiger partial charge is 0.512 e. The van der Waals surface area contributed by atoms with Gasteiger partial charge in [-0.3, -0.25) is 9.18 Å². The normalized spacial score (nSPS) is 10.4. The number of halogens is 1. The SMILES string of the molecule is CC(=O)/C=C(/C)O.Fc1c[c-]c(-c2nccc3ccccc23)cc1.[Ir]. The van der Waals surface area contributed by atoms with Gasteiger partial charge in [0, 0.05) is 38.2 Å². The Balaban J connectivity index is 0.000000339. The predicted molar refractivity (Wildman–Crippen MR) is 93.0 cm³/mol. The number of hydrogen-bond donors (Lipinski definition) is 1. The summed E-state index contributed by atoms with van der Waals surface area (Å²) in [7, 11) is 0. The van der Waals surface area contributed by atoms with Crippen LogP contribution in [0, 0.1) is 11.9 Å². The van der Waals surface area contributed by atoms with Crippen LogP contribution < -0.4 is 0 Å². The standard InChI is InChI=1S/C15H9FN.C5H8O2.Ir/c16-13-7-5-12(6-8-13)15-14-4-2-1-3-11(14)9-10-17-15;1-4(6)3-5(2)7;/h1-5,7-10H;3,6H,1-2H3;/q-1;;/b;4-3-;. The number of pyridine rings is 1. The molecule has 0 saturated carbocycles. The Kier molecular flexibility index (Phi) is 8.12. The molecule has 1 radical (unpaired) electrons. The second kappa shape index (κ2) is 9.82. The van der Waals surface area contributed by atoms with Gasteiger partial charge in [-0.15, -0.1) is 29.8 Å². The molecule has 0 spiro atoms. The number of allylic oxidation sites excluding steroid dienone is 2. The summed E-state index contributed by atoms with van der Waals surface area (Å²) in [5, 5.41) is 10.5. The van der Waals surface area contributed by atoms with Crippen molar-refractivity contribution < 1.29 is 34.4 Å². The molecule has 131 valence electrons. The van der Waals surface area contributed by atoms with Crippen molar-refractivity contribution in [1.82, 2.24) is 4.98 Å². The van der Waals surface area contributed by atoms with Gasteiger partial charge < -0.3 is 10.1 Å². The van der Waals surface area contributed by atoms with Crippen molar-refractivity contribution in [2.45, 2.75) is 13.8 Å². The molecule has 0 aliphatic heterocycles. The Labute approximate surface area is 159 Å². The Morgan fingerprint density at radius 1 is 1.16 bits per heavy atom. The maximum Gasteiger partial charge on any atom is 0.155 e. The molecule has 0 atom stereocenters. The first-order valence-electron chi connectivity index (χ1n) is 7.36. The van der Waals surface area contributed by atoms with Gasteiger partial charge in [0.15, 0.2) is 5.78 Å². The Morgan fingerprint density at radius 3 is 2.44 bits per heavy atom. The third-order valence-corrected chi connectivity index (χ3v) is 3.12. The maximum absolute atomic E-state index is 12.9. The van der Waals surface area contributed by atoms with E-state index in [0.29, 0.717) is 0 Å². The van der Waals surface area contributed by atoms with Crippen molar-refractivity contribution >= 4 is 16.6 Å². The zero-order valence-corrected chi connectivity index (χ0v) is 16.2. The van der Waals surface area contributed by atoms with Gasteiger partial charge in [-0.25, -0.2) is 0 Å². The van der Waals surface area contributed by atoms with Crippen molar-refractivity contribution in [2.24, 2.45) is 0 Å². The van der Waals surface area contributed by atoms with Crippen molar-refractivity contribution in [3.8, 4) is 11.3 Å². The molecule has 0 fully saturated rings. The minimum Gasteiger partial charge on any atom is -0.512 e. The van der Waals surface area contributed by atoms with E-state index in [1.54, 1.807) is 12.3 Å². The van der Waals surface area contributed by atoms with Crippen LogP contribution in [-0.4, -0.2) is 15.9 Å². The van der Waals surface area contributed by atoms with Crippen LogP contribution in [0.3, 0.4) is 0 Å². The van der Waals surface area contributed by atoms with Gasteiger partial charge in [0.25, 0.3) is 0 Å². The number of aliphatic hydroxyl groups excluding tert-OH is 1. The minimum atomic E-state index is -0.283. The molecule has 2 aromatic carbocycles. The van der Waals surface area contributed by atoms with Crippen LogP contribution in [0.5, 0.6) is 0 Å². The predicted octanol–water partition coefficient (Wildman–Crippen LogP) is 4.88. The summed E-state index contributed by atoms with van der Waals surface area (Å²) in [5.41, 5.74) is 1.64. The van der Waals surface area contributed by atoms with Crippen LogP contribution in [0.4, 0.5) is 4.39 Å². The number of aliphatic hydroxyl groups is 1. The molecule has 0 amide bonds. The molecule has 0 aliphatic rings. The molecule has 3 aromatic rings. The summed E-state index contributed by atoms with van der Waals surface area (Å²) >= 11 is 0. The van der Waals surface area contributed by atoms with E-state index >= 15 is 0 Å². The number of carbonyl (C=O) groups is 1. The zero-order chi connectivity index (χ0) is 17.5. The average Bonchev–Trinajstić information content (AvgIpc) is 2.54. The molecule has 0 saturated heterocycles. The fourth-order valence-electron chi connectivity index (χ4n) is 2.18. The van der Waals surface area contributed by atoms with E-state index in [0.717, 1.165) is 22.0 Å². The van der Waals surface area contributed by atoms with Crippen molar-refractivity contribution in [2.75, 3.05) is 0 Å². The molecule has 25 heavy (non-hydrogen) atoms. The van der Waals surface area contributed by atoms with Crippen LogP contribution in [-0.2, 0) is 24.9 Å². The smallest absolute Gasteiger partial charge is 0.155 e. The quantitative estimate of drug-likeness (QED) is 0.302. The number of aromatic nitrogens is 1. The number of fused-ring (bicyclic) bond motifs is 1. The molecular formula is C20H17FIrNO2-. The van der Waals surface area contributed by atoms with Crippen LogP contribution in [0.1, 0.15) is 13.8 Å². The Hall–Kier alpha value is -2.36. The van der Waals surface area contributed by atoms with Crippen LogP contribution in [0.25, 0.3) is 22.0 Å². The molecular weight excluding hydrogens is 497 g/mol. The molecule has 0 bridgehead atoms. The minimum absolute atomic E-state index is 0. The van der Waals surface area contributed by atoms with E-state index in [-0.39, 0.29) is 37.5 Å². The van der Waals surface area contributed by atoms with Gasteiger partial charge >= 0.3 is 0 Å². The number of ketones is 1. The Bertz CT molecular complexity index is 867. The van der Waals surface area contributed by atoms with E-state index in [4.69, 9.17) is 5.11 Å². The molecule has 3 nitrogen and oxygen atoms in total. The molecule has 1 heterocycles. The molecule has 3 rings (SSSR count). The van der Waals surface area contributed by atoms with Crippen molar-refractivity contribution in [3.05, 3.63) is 78.4 Å². The van der Waals surface area contributed by atoms with Gasteiger partial charge in [0.05, 0.1) is 5.76 Å². The zero-order valence-electron chi connectivity index (χ0n) is 13.8. The van der Waals surface area contributed by atoms with Crippen molar-refractivity contribution in [1.29, 1.82) is 0 Å². The molecule has 1 aromatic heterocycles. The third kappa shape index (κ3) is 6.22. The first-order chi connectivity index (χ1) is 11.5. The van der Waals surface area contributed by atoms with E-state index in [1.165, 1.54) is 32.1 Å². The topological polar surface area (TPSA) is 50.2 Å². The molecule has 0 aliphatic carbocycles. The number of hydrogen-bond acceptors (Lipinski definition) is 3. The van der Waals surface area contributed by atoms with Crippen LogP contribution >= 0.6 is 0 Å². The van der Waals surface area contributed by atoms with Gasteiger partial charge in [-0.05, 0) is 36.4 Å². The van der Waals surface area contributed by atoms with Gasteiger partial charge in [0.2, 0.25) is 0 Å². The number of nitrogens with zero attached hydrogens (tertiary/aromatic N) is 1. The molecule has 1 N–H and O–H groups in total. The summed E-state index contributed by atoms with van der Waals surface area (Å²) in [5.74, 6) is -0.346. The maximum atomic E-state index is 12.9. The summed E-state index contributed by atoms with van der Waals surface area (Å²) in [6, 6.07) is 17.3. The second-order valence-corrected chi connectivity index (χ2v) is 5.20.